The normalized spacial score (nSPS) is 20.2. The lowest BCUT2D eigenvalue weighted by Gasteiger charge is -2.35. The Kier molecular flexibility index (Phi) is 6.78. The summed E-state index contributed by atoms with van der Waals surface area (Å²) in [5.41, 5.74) is -0.669. The third-order valence-electron chi connectivity index (χ3n) is 7.25. The van der Waals surface area contributed by atoms with Crippen LogP contribution in [-0.2, 0) is 6.18 Å². The maximum atomic E-state index is 13.4. The highest BCUT2D eigenvalue weighted by molar-refractivity contribution is 5.89. The Hall–Kier alpha value is -2.92. The van der Waals surface area contributed by atoms with Gasteiger partial charge in [0.05, 0.1) is 28.4 Å². The van der Waals surface area contributed by atoms with E-state index in [1.807, 2.05) is 13.8 Å². The molecule has 0 bridgehead atoms. The average Bonchev–Trinajstić information content (AvgIpc) is 3.43. The standard InChI is InChI=1S/C26H34F3N7O/c1-25(2,37)14-17-7-11-35(12-8-17)22-21-15-30-36(20-6-4-5-18(13-20)26(27,28)29)23(21)33-24(32-22)31-19-9-10-34(3)16-19/h4-6,13,15,17,19,37H,7-12,14,16H2,1-3H3,(H,31,32,33)/t19-/m1/s1. The summed E-state index contributed by atoms with van der Waals surface area (Å²) < 4.78 is 41.7. The van der Waals surface area contributed by atoms with Crippen LogP contribution in [-0.4, -0.2) is 74.6 Å². The van der Waals surface area contributed by atoms with Gasteiger partial charge < -0.3 is 20.2 Å². The van der Waals surface area contributed by atoms with E-state index >= 15 is 0 Å². The fourth-order valence-electron chi connectivity index (χ4n) is 5.49. The molecule has 2 saturated heterocycles. The van der Waals surface area contributed by atoms with Gasteiger partial charge in [-0.05, 0) is 77.2 Å². The molecule has 1 aromatic carbocycles. The van der Waals surface area contributed by atoms with Crippen molar-refractivity contribution in [2.45, 2.75) is 57.3 Å². The quantitative estimate of drug-likeness (QED) is 0.504. The first-order valence-electron chi connectivity index (χ1n) is 12.8. The van der Waals surface area contributed by atoms with E-state index in [1.54, 1.807) is 12.3 Å². The zero-order valence-electron chi connectivity index (χ0n) is 21.5. The summed E-state index contributed by atoms with van der Waals surface area (Å²) in [6, 6.07) is 5.32. The van der Waals surface area contributed by atoms with Crippen molar-refractivity contribution < 1.29 is 18.3 Å². The van der Waals surface area contributed by atoms with Gasteiger partial charge in [0.15, 0.2) is 5.65 Å². The Balaban J connectivity index is 1.51. The van der Waals surface area contributed by atoms with Crippen LogP contribution in [0.15, 0.2) is 30.5 Å². The summed E-state index contributed by atoms with van der Waals surface area (Å²) in [6.07, 6.45) is 0.744. The number of benzene rings is 1. The summed E-state index contributed by atoms with van der Waals surface area (Å²) in [5, 5.41) is 18.8. The maximum Gasteiger partial charge on any atom is 0.416 e. The van der Waals surface area contributed by atoms with E-state index in [0.717, 1.165) is 69.8 Å². The summed E-state index contributed by atoms with van der Waals surface area (Å²) >= 11 is 0. The van der Waals surface area contributed by atoms with Crippen LogP contribution in [0.25, 0.3) is 16.7 Å². The molecule has 5 rings (SSSR count). The highest BCUT2D eigenvalue weighted by atomic mass is 19.4. The van der Waals surface area contributed by atoms with Crippen molar-refractivity contribution in [3.05, 3.63) is 36.0 Å². The molecule has 2 N–H and O–H groups in total. The number of rotatable bonds is 6. The van der Waals surface area contributed by atoms with Crippen LogP contribution in [0.5, 0.6) is 0 Å². The number of fused-ring (bicyclic) bond motifs is 1. The number of alkyl halides is 3. The molecule has 11 heteroatoms. The minimum atomic E-state index is -4.45. The molecule has 37 heavy (non-hydrogen) atoms. The molecular formula is C26H34F3N7O. The molecule has 4 heterocycles. The van der Waals surface area contributed by atoms with E-state index in [1.165, 1.54) is 10.7 Å². The minimum Gasteiger partial charge on any atom is -0.390 e. The van der Waals surface area contributed by atoms with Crippen molar-refractivity contribution >= 4 is 22.8 Å². The molecule has 2 aliphatic rings. The number of aromatic nitrogens is 4. The molecule has 0 unspecified atom stereocenters. The molecular weight excluding hydrogens is 483 g/mol. The number of likely N-dealkylation sites (tertiary alicyclic amines) is 1. The first-order valence-corrected chi connectivity index (χ1v) is 12.8. The average molecular weight is 518 g/mol. The van der Waals surface area contributed by atoms with E-state index in [9.17, 15) is 18.3 Å². The largest absolute Gasteiger partial charge is 0.416 e. The Morgan fingerprint density at radius 1 is 1.08 bits per heavy atom. The molecule has 1 atom stereocenters. The topological polar surface area (TPSA) is 82.3 Å². The number of hydrogen-bond donors (Lipinski definition) is 2. The maximum absolute atomic E-state index is 13.4. The first kappa shape index (κ1) is 25.7. The number of nitrogens with zero attached hydrogens (tertiary/aromatic N) is 6. The van der Waals surface area contributed by atoms with Gasteiger partial charge in [-0.3, -0.25) is 0 Å². The second kappa shape index (κ2) is 9.75. The van der Waals surface area contributed by atoms with Crippen molar-refractivity contribution in [2.24, 2.45) is 5.92 Å². The lowest BCUT2D eigenvalue weighted by molar-refractivity contribution is -0.137. The molecule has 2 aliphatic heterocycles. The van der Waals surface area contributed by atoms with Crippen LogP contribution in [0.3, 0.4) is 0 Å². The van der Waals surface area contributed by atoms with E-state index in [0.29, 0.717) is 28.6 Å². The van der Waals surface area contributed by atoms with Gasteiger partial charge in [-0.1, -0.05) is 6.07 Å². The van der Waals surface area contributed by atoms with E-state index < -0.39 is 17.3 Å². The van der Waals surface area contributed by atoms with Gasteiger partial charge in [0.25, 0.3) is 0 Å². The van der Waals surface area contributed by atoms with Gasteiger partial charge in [0, 0.05) is 25.7 Å². The summed E-state index contributed by atoms with van der Waals surface area (Å²) in [6.45, 7) is 7.07. The van der Waals surface area contributed by atoms with Gasteiger partial charge in [0.2, 0.25) is 5.95 Å². The number of hydrogen-bond acceptors (Lipinski definition) is 7. The third kappa shape index (κ3) is 5.82. The Labute approximate surface area is 214 Å². The molecule has 200 valence electrons. The Morgan fingerprint density at radius 2 is 1.84 bits per heavy atom. The highest BCUT2D eigenvalue weighted by Gasteiger charge is 2.31. The van der Waals surface area contributed by atoms with Crippen molar-refractivity contribution in [2.75, 3.05) is 43.4 Å². The number of anilines is 2. The molecule has 2 aromatic heterocycles. The Bertz CT molecular complexity index is 1250. The van der Waals surface area contributed by atoms with Crippen molar-refractivity contribution in [1.29, 1.82) is 0 Å². The van der Waals surface area contributed by atoms with Crippen molar-refractivity contribution in [3.63, 3.8) is 0 Å². The molecule has 0 saturated carbocycles. The number of piperidine rings is 1. The van der Waals surface area contributed by atoms with E-state index in [4.69, 9.17) is 9.97 Å². The fraction of sp³-hybridized carbons (Fsp3) is 0.577. The van der Waals surface area contributed by atoms with Crippen LogP contribution in [0.1, 0.15) is 45.1 Å². The number of aliphatic hydroxyl groups is 1. The van der Waals surface area contributed by atoms with Crippen molar-refractivity contribution in [3.8, 4) is 5.69 Å². The predicted molar refractivity (Wildman–Crippen MR) is 137 cm³/mol. The molecule has 3 aromatic rings. The van der Waals surface area contributed by atoms with Gasteiger partial charge in [-0.15, -0.1) is 0 Å². The first-order chi connectivity index (χ1) is 17.5. The summed E-state index contributed by atoms with van der Waals surface area (Å²) in [7, 11) is 2.07. The SMILES string of the molecule is CN1CC[C@@H](Nc2nc(N3CCC(CC(C)(C)O)CC3)c3cnn(-c4cccc(C(F)(F)F)c4)c3n2)C1. The smallest absolute Gasteiger partial charge is 0.390 e. The fourth-order valence-corrected chi connectivity index (χ4v) is 5.49. The lowest BCUT2D eigenvalue weighted by atomic mass is 9.86. The number of nitrogens with one attached hydrogen (secondary N) is 1. The lowest BCUT2D eigenvalue weighted by Crippen LogP contribution is -2.37. The van der Waals surface area contributed by atoms with Crippen LogP contribution in [0, 0.1) is 5.92 Å². The molecule has 0 aliphatic carbocycles. The van der Waals surface area contributed by atoms with E-state index in [2.05, 4.69) is 27.3 Å². The predicted octanol–water partition coefficient (Wildman–Crippen LogP) is 4.33. The summed E-state index contributed by atoms with van der Waals surface area (Å²) in [4.78, 5) is 14.0. The zero-order valence-corrected chi connectivity index (χ0v) is 21.5. The molecule has 0 radical (unpaired) electrons. The van der Waals surface area contributed by atoms with Crippen LogP contribution >= 0.6 is 0 Å². The van der Waals surface area contributed by atoms with Gasteiger partial charge in [0.1, 0.15) is 5.82 Å². The molecule has 0 amide bonds. The third-order valence-corrected chi connectivity index (χ3v) is 7.25. The van der Waals surface area contributed by atoms with Gasteiger partial charge >= 0.3 is 6.18 Å². The molecule has 0 spiro atoms. The molecule has 2 fully saturated rings. The van der Waals surface area contributed by atoms with Gasteiger partial charge in [-0.2, -0.15) is 28.2 Å². The summed E-state index contributed by atoms with van der Waals surface area (Å²) in [5.74, 6) is 1.61. The van der Waals surface area contributed by atoms with Gasteiger partial charge in [-0.25, -0.2) is 4.68 Å². The number of likely N-dealkylation sites (N-methyl/N-ethyl adjacent to an activating group) is 1. The molecule has 8 nitrogen and oxygen atoms in total. The monoisotopic (exact) mass is 517 g/mol. The van der Waals surface area contributed by atoms with Crippen LogP contribution in [0.2, 0.25) is 0 Å². The second-order valence-electron chi connectivity index (χ2n) is 11.1. The number of halogens is 3. The highest BCUT2D eigenvalue weighted by Crippen LogP contribution is 2.34. The Morgan fingerprint density at radius 3 is 2.49 bits per heavy atom. The van der Waals surface area contributed by atoms with E-state index in [-0.39, 0.29) is 6.04 Å². The van der Waals surface area contributed by atoms with Crippen molar-refractivity contribution in [1.82, 2.24) is 24.6 Å². The second-order valence-corrected chi connectivity index (χ2v) is 11.1. The van der Waals surface area contributed by atoms with Crippen LogP contribution in [0.4, 0.5) is 24.9 Å². The van der Waals surface area contributed by atoms with Crippen LogP contribution < -0.4 is 10.2 Å². The minimum absolute atomic E-state index is 0.192. The zero-order chi connectivity index (χ0) is 26.4.